The van der Waals surface area contributed by atoms with Crippen molar-refractivity contribution in [2.75, 3.05) is 18.4 Å². The van der Waals surface area contributed by atoms with Gasteiger partial charge in [-0.15, -0.1) is 0 Å². The average molecular weight is 427 g/mol. The molecule has 1 fully saturated rings. The number of likely N-dealkylation sites (tertiary alicyclic amines) is 1. The third kappa shape index (κ3) is 3.85. The number of para-hydroxylation sites is 1. The van der Waals surface area contributed by atoms with E-state index in [1.54, 1.807) is 23.3 Å². The van der Waals surface area contributed by atoms with Crippen molar-refractivity contribution in [3.05, 3.63) is 65.2 Å². The van der Waals surface area contributed by atoms with Gasteiger partial charge in [-0.25, -0.2) is 14.6 Å². The van der Waals surface area contributed by atoms with E-state index in [-0.39, 0.29) is 11.9 Å². The smallest absolute Gasteiger partial charge is 0.256 e. The van der Waals surface area contributed by atoms with E-state index in [1.165, 1.54) is 0 Å². The quantitative estimate of drug-likeness (QED) is 0.677. The maximum Gasteiger partial charge on any atom is 0.256 e. The second-order valence-electron chi connectivity index (χ2n) is 6.37. The van der Waals surface area contributed by atoms with Crippen LogP contribution in [0.4, 0.5) is 5.95 Å². The summed E-state index contributed by atoms with van der Waals surface area (Å²) in [6.45, 7) is 1.37. The molecule has 1 N–H and O–H groups in total. The summed E-state index contributed by atoms with van der Waals surface area (Å²) in [5, 5.41) is 7.51. The fourth-order valence-corrected chi connectivity index (χ4v) is 3.55. The van der Waals surface area contributed by atoms with Crippen molar-refractivity contribution < 1.29 is 4.79 Å². The summed E-state index contributed by atoms with van der Waals surface area (Å²) in [4.78, 5) is 23.6. The number of benzene rings is 1. The van der Waals surface area contributed by atoms with Crippen LogP contribution in [-0.2, 0) is 0 Å². The molecule has 8 heteroatoms. The molecular weight excluding hydrogens is 408 g/mol. The Labute approximate surface area is 165 Å². The van der Waals surface area contributed by atoms with Crippen LogP contribution in [0.15, 0.2) is 59.6 Å². The molecule has 0 bridgehead atoms. The average Bonchev–Trinajstić information content (AvgIpc) is 3.39. The first-order chi connectivity index (χ1) is 13.2. The lowest BCUT2D eigenvalue weighted by atomic mass is 10.1. The van der Waals surface area contributed by atoms with Crippen molar-refractivity contribution in [2.24, 2.45) is 0 Å². The number of hydrogen-bond donors (Lipinski definition) is 1. The molecule has 0 radical (unpaired) electrons. The van der Waals surface area contributed by atoms with Crippen LogP contribution in [0.3, 0.4) is 0 Å². The first-order valence-corrected chi connectivity index (χ1v) is 9.63. The molecule has 1 atom stereocenters. The van der Waals surface area contributed by atoms with Gasteiger partial charge in [0.05, 0.1) is 15.7 Å². The van der Waals surface area contributed by atoms with E-state index in [9.17, 15) is 4.79 Å². The number of amides is 1. The van der Waals surface area contributed by atoms with E-state index >= 15 is 0 Å². The molecule has 3 aromatic rings. The van der Waals surface area contributed by atoms with Crippen molar-refractivity contribution in [2.45, 2.75) is 18.9 Å². The Hall–Kier alpha value is -2.74. The fourth-order valence-electron chi connectivity index (χ4n) is 3.35. The second kappa shape index (κ2) is 7.87. The lowest BCUT2D eigenvalue weighted by Crippen LogP contribution is -2.40. The maximum absolute atomic E-state index is 13.2. The second-order valence-corrected chi connectivity index (χ2v) is 7.28. The van der Waals surface area contributed by atoms with E-state index in [2.05, 4.69) is 36.3 Å². The zero-order chi connectivity index (χ0) is 18.6. The predicted molar refractivity (Wildman–Crippen MR) is 106 cm³/mol. The first kappa shape index (κ1) is 17.7. The van der Waals surface area contributed by atoms with Crippen molar-refractivity contribution in [1.29, 1.82) is 0 Å². The monoisotopic (exact) mass is 426 g/mol. The SMILES string of the molecule is O=C(c1ccccc1-n1cccn1)N1CCCC1CNc1ncc(Br)cn1. The van der Waals surface area contributed by atoms with E-state index in [4.69, 9.17) is 0 Å². The first-order valence-electron chi connectivity index (χ1n) is 8.84. The number of halogens is 1. The van der Waals surface area contributed by atoms with Crippen LogP contribution in [-0.4, -0.2) is 49.7 Å². The molecule has 2 aromatic heterocycles. The van der Waals surface area contributed by atoms with Gasteiger partial charge in [-0.3, -0.25) is 4.79 Å². The van der Waals surface area contributed by atoms with Crippen molar-refractivity contribution in [1.82, 2.24) is 24.6 Å². The molecule has 3 heterocycles. The van der Waals surface area contributed by atoms with Gasteiger partial charge in [0.25, 0.3) is 5.91 Å². The molecule has 1 saturated heterocycles. The summed E-state index contributed by atoms with van der Waals surface area (Å²) in [7, 11) is 0. The normalized spacial score (nSPS) is 16.5. The van der Waals surface area contributed by atoms with E-state index in [0.717, 1.165) is 29.5 Å². The highest BCUT2D eigenvalue weighted by atomic mass is 79.9. The summed E-state index contributed by atoms with van der Waals surface area (Å²) in [6, 6.07) is 9.54. The molecule has 1 unspecified atom stereocenters. The van der Waals surface area contributed by atoms with Gasteiger partial charge in [0.2, 0.25) is 5.95 Å². The lowest BCUT2D eigenvalue weighted by Gasteiger charge is -2.26. The summed E-state index contributed by atoms with van der Waals surface area (Å²) in [5.41, 5.74) is 1.45. The van der Waals surface area contributed by atoms with Crippen LogP contribution in [0.1, 0.15) is 23.2 Å². The molecule has 0 spiro atoms. The minimum atomic E-state index is 0.0297. The Morgan fingerprint density at radius 3 is 2.81 bits per heavy atom. The number of carbonyl (C=O) groups is 1. The van der Waals surface area contributed by atoms with Gasteiger partial charge < -0.3 is 10.2 Å². The Morgan fingerprint density at radius 1 is 1.22 bits per heavy atom. The number of anilines is 1. The lowest BCUT2D eigenvalue weighted by molar-refractivity contribution is 0.0743. The Balaban J connectivity index is 1.50. The van der Waals surface area contributed by atoms with Gasteiger partial charge in [0.1, 0.15) is 0 Å². The molecule has 1 aliphatic heterocycles. The number of hydrogen-bond acceptors (Lipinski definition) is 5. The number of rotatable bonds is 5. The van der Waals surface area contributed by atoms with E-state index in [1.807, 2.05) is 41.4 Å². The number of aromatic nitrogens is 4. The zero-order valence-electron chi connectivity index (χ0n) is 14.6. The third-order valence-corrected chi connectivity index (χ3v) is 5.05. The van der Waals surface area contributed by atoms with Crippen molar-refractivity contribution >= 4 is 27.8 Å². The van der Waals surface area contributed by atoms with Crippen LogP contribution < -0.4 is 5.32 Å². The maximum atomic E-state index is 13.2. The molecular formula is C19H19BrN6O. The molecule has 27 heavy (non-hydrogen) atoms. The van der Waals surface area contributed by atoms with Crippen LogP contribution in [0, 0.1) is 0 Å². The third-order valence-electron chi connectivity index (χ3n) is 4.64. The molecule has 0 saturated carbocycles. The summed E-state index contributed by atoms with van der Waals surface area (Å²) in [5.74, 6) is 0.594. The predicted octanol–water partition coefficient (Wildman–Crippen LogP) is 3.14. The standard InChI is InChI=1S/C19H19BrN6O/c20-14-11-21-19(22-12-14)23-13-15-5-3-9-25(15)18(27)16-6-1-2-7-17(16)26-10-4-8-24-26/h1-2,4,6-8,10-12,15H,3,5,9,13H2,(H,21,22,23). The van der Waals surface area contributed by atoms with E-state index < -0.39 is 0 Å². The van der Waals surface area contributed by atoms with Crippen LogP contribution >= 0.6 is 15.9 Å². The Kier molecular flexibility index (Phi) is 5.15. The Bertz CT molecular complexity index is 912. The van der Waals surface area contributed by atoms with Crippen molar-refractivity contribution in [3.8, 4) is 5.69 Å². The van der Waals surface area contributed by atoms with Gasteiger partial charge in [-0.2, -0.15) is 5.10 Å². The largest absolute Gasteiger partial charge is 0.352 e. The molecule has 138 valence electrons. The summed E-state index contributed by atoms with van der Waals surface area (Å²) < 4.78 is 2.56. The minimum absolute atomic E-state index is 0.0297. The van der Waals surface area contributed by atoms with Gasteiger partial charge in [-0.1, -0.05) is 12.1 Å². The highest BCUT2D eigenvalue weighted by Gasteiger charge is 2.30. The molecule has 7 nitrogen and oxygen atoms in total. The summed E-state index contributed by atoms with van der Waals surface area (Å²) >= 11 is 3.33. The van der Waals surface area contributed by atoms with Crippen molar-refractivity contribution in [3.63, 3.8) is 0 Å². The number of nitrogens with one attached hydrogen (secondary N) is 1. The Morgan fingerprint density at radius 2 is 2.04 bits per heavy atom. The molecule has 1 aliphatic rings. The molecule has 1 amide bonds. The van der Waals surface area contributed by atoms with E-state index in [0.29, 0.717) is 18.1 Å². The molecule has 4 rings (SSSR count). The molecule has 0 aliphatic carbocycles. The molecule has 1 aromatic carbocycles. The fraction of sp³-hybridized carbons (Fsp3) is 0.263. The van der Waals surface area contributed by atoms with Gasteiger partial charge in [-0.05, 0) is 47.0 Å². The number of carbonyl (C=O) groups excluding carboxylic acids is 1. The van der Waals surface area contributed by atoms with Gasteiger partial charge in [0, 0.05) is 43.9 Å². The topological polar surface area (TPSA) is 75.9 Å². The summed E-state index contributed by atoms with van der Waals surface area (Å²) in [6.07, 6.45) is 8.91. The van der Waals surface area contributed by atoms with Crippen LogP contribution in [0.5, 0.6) is 0 Å². The van der Waals surface area contributed by atoms with Crippen LogP contribution in [0.2, 0.25) is 0 Å². The zero-order valence-corrected chi connectivity index (χ0v) is 16.2. The highest BCUT2D eigenvalue weighted by Crippen LogP contribution is 2.23. The van der Waals surface area contributed by atoms with Crippen LogP contribution in [0.25, 0.3) is 5.69 Å². The highest BCUT2D eigenvalue weighted by molar-refractivity contribution is 9.10. The number of nitrogens with zero attached hydrogens (tertiary/aromatic N) is 5. The van der Waals surface area contributed by atoms with Gasteiger partial charge >= 0.3 is 0 Å². The van der Waals surface area contributed by atoms with Gasteiger partial charge in [0.15, 0.2) is 0 Å². The minimum Gasteiger partial charge on any atom is -0.352 e.